The van der Waals surface area contributed by atoms with E-state index in [0.717, 1.165) is 17.1 Å². The monoisotopic (exact) mass is 346 g/mol. The topological polar surface area (TPSA) is 90.1 Å². The molecule has 0 aliphatic rings. The Hall–Kier alpha value is -2.98. The summed E-state index contributed by atoms with van der Waals surface area (Å²) in [5, 5.41) is 16.0. The number of nitrogens with one attached hydrogen (secondary N) is 1. The summed E-state index contributed by atoms with van der Waals surface area (Å²) in [5.74, 6) is -7.91. The Morgan fingerprint density at radius 1 is 1.33 bits per heavy atom. The van der Waals surface area contributed by atoms with E-state index in [-0.39, 0.29) is 12.5 Å². The number of nitrogens with zero attached hydrogens (tertiary/aromatic N) is 3. The molecule has 2 aromatic rings. The van der Waals surface area contributed by atoms with Crippen LogP contribution in [0.3, 0.4) is 0 Å². The van der Waals surface area contributed by atoms with Gasteiger partial charge in [-0.15, -0.1) is 0 Å². The fraction of sp³-hybridized carbons (Fsp3) is 0.231. The summed E-state index contributed by atoms with van der Waals surface area (Å²) in [5.41, 5.74) is -1.67. The minimum Gasteiger partial charge on any atom is -0.319 e. The number of anilines is 1. The predicted octanol–water partition coefficient (Wildman–Crippen LogP) is 2.94. The summed E-state index contributed by atoms with van der Waals surface area (Å²) in [6, 6.07) is -1.17. The lowest BCUT2D eigenvalue weighted by atomic mass is 10.2. The lowest BCUT2D eigenvalue weighted by Gasteiger charge is -2.16. The second kappa shape index (κ2) is 6.64. The van der Waals surface area contributed by atoms with Crippen molar-refractivity contribution in [2.75, 3.05) is 5.32 Å². The van der Waals surface area contributed by atoms with Crippen molar-refractivity contribution in [2.24, 2.45) is 0 Å². The van der Waals surface area contributed by atoms with Crippen molar-refractivity contribution in [1.29, 1.82) is 0 Å². The molecule has 1 aromatic carbocycles. The molecule has 0 aliphatic carbocycles. The maximum Gasteiger partial charge on any atom is 0.307 e. The van der Waals surface area contributed by atoms with E-state index in [1.807, 2.05) is 0 Å². The molecule has 24 heavy (non-hydrogen) atoms. The van der Waals surface area contributed by atoms with Gasteiger partial charge in [0.15, 0.2) is 23.3 Å². The fourth-order valence-corrected chi connectivity index (χ4v) is 1.97. The third-order valence-corrected chi connectivity index (χ3v) is 3.17. The maximum atomic E-state index is 13.6. The van der Waals surface area contributed by atoms with Crippen LogP contribution < -0.4 is 5.32 Å². The first-order chi connectivity index (χ1) is 11.3. The zero-order valence-electron chi connectivity index (χ0n) is 12.1. The van der Waals surface area contributed by atoms with Gasteiger partial charge in [0.2, 0.25) is 5.91 Å². The molecule has 128 valence electrons. The first-order valence-electron chi connectivity index (χ1n) is 6.58. The van der Waals surface area contributed by atoms with Crippen LogP contribution in [0.5, 0.6) is 0 Å². The highest BCUT2D eigenvalue weighted by Gasteiger charge is 2.26. The average Bonchev–Trinajstić information content (AvgIpc) is 3.00. The van der Waals surface area contributed by atoms with Gasteiger partial charge in [-0.25, -0.2) is 17.6 Å². The molecule has 0 saturated carbocycles. The van der Waals surface area contributed by atoms with Gasteiger partial charge in [-0.2, -0.15) is 5.10 Å². The Morgan fingerprint density at radius 3 is 2.38 bits per heavy atom. The molecule has 2 rings (SSSR count). The molecule has 1 heterocycles. The largest absolute Gasteiger partial charge is 0.319 e. The average molecular weight is 346 g/mol. The number of amides is 1. The number of benzene rings is 1. The van der Waals surface area contributed by atoms with E-state index in [1.54, 1.807) is 5.32 Å². The number of nitro groups is 1. The van der Waals surface area contributed by atoms with Crippen LogP contribution in [0, 0.1) is 33.4 Å². The molecule has 0 spiro atoms. The van der Waals surface area contributed by atoms with Gasteiger partial charge in [0.1, 0.15) is 24.1 Å². The van der Waals surface area contributed by atoms with Gasteiger partial charge >= 0.3 is 5.69 Å². The number of hydrogen-bond donors (Lipinski definition) is 1. The van der Waals surface area contributed by atoms with Crippen LogP contribution in [0.15, 0.2) is 18.5 Å². The van der Waals surface area contributed by atoms with Gasteiger partial charge in [-0.1, -0.05) is 6.92 Å². The third-order valence-electron chi connectivity index (χ3n) is 3.17. The number of aromatic nitrogens is 2. The Kier molecular flexibility index (Phi) is 4.81. The van der Waals surface area contributed by atoms with E-state index < -0.39 is 51.5 Å². The molecule has 1 atom stereocenters. The Balaban J connectivity index is 2.32. The molecule has 1 unspecified atom stereocenters. The van der Waals surface area contributed by atoms with Crippen molar-refractivity contribution in [3.8, 4) is 0 Å². The number of halogens is 4. The smallest absolute Gasteiger partial charge is 0.307 e. The van der Waals surface area contributed by atoms with Crippen molar-refractivity contribution in [2.45, 2.75) is 19.4 Å². The fourth-order valence-electron chi connectivity index (χ4n) is 1.97. The number of hydrogen-bond acceptors (Lipinski definition) is 4. The number of rotatable bonds is 5. The quantitative estimate of drug-likeness (QED) is 0.390. The molecule has 11 heteroatoms. The van der Waals surface area contributed by atoms with Crippen LogP contribution in [0.4, 0.5) is 28.9 Å². The SMILES string of the molecule is CCC(C(=O)Nc1c(F)c(F)cc(F)c1F)n1cc([N+](=O)[O-])cn1. The lowest BCUT2D eigenvalue weighted by Crippen LogP contribution is -2.27. The summed E-state index contributed by atoms with van der Waals surface area (Å²) in [7, 11) is 0. The Morgan fingerprint density at radius 2 is 1.92 bits per heavy atom. The van der Waals surface area contributed by atoms with Crippen LogP contribution in [0.2, 0.25) is 0 Å². The molecule has 0 bridgehead atoms. The van der Waals surface area contributed by atoms with E-state index in [0.29, 0.717) is 0 Å². The van der Waals surface area contributed by atoms with Gasteiger partial charge in [0, 0.05) is 6.07 Å². The van der Waals surface area contributed by atoms with Crippen LogP contribution >= 0.6 is 0 Å². The second-order valence-electron chi connectivity index (χ2n) is 4.69. The Labute approximate surface area is 132 Å². The van der Waals surface area contributed by atoms with E-state index in [4.69, 9.17) is 0 Å². The highest BCUT2D eigenvalue weighted by Crippen LogP contribution is 2.26. The molecule has 7 nitrogen and oxygen atoms in total. The molecule has 1 N–H and O–H groups in total. The van der Waals surface area contributed by atoms with E-state index in [1.165, 1.54) is 6.92 Å². The van der Waals surface area contributed by atoms with Crippen molar-refractivity contribution in [1.82, 2.24) is 9.78 Å². The minimum atomic E-state index is -1.76. The molecule has 0 radical (unpaired) electrons. The van der Waals surface area contributed by atoms with Crippen LogP contribution in [0.25, 0.3) is 0 Å². The highest BCUT2D eigenvalue weighted by molar-refractivity contribution is 5.93. The molecule has 0 saturated heterocycles. The van der Waals surface area contributed by atoms with Gasteiger partial charge in [0.05, 0.1) is 4.92 Å². The molecular weight excluding hydrogens is 336 g/mol. The Bertz CT molecular complexity index is 783. The summed E-state index contributed by atoms with van der Waals surface area (Å²) < 4.78 is 54.4. The van der Waals surface area contributed by atoms with Crippen molar-refractivity contribution < 1.29 is 27.3 Å². The maximum absolute atomic E-state index is 13.6. The zero-order chi connectivity index (χ0) is 18.0. The van der Waals surface area contributed by atoms with E-state index >= 15 is 0 Å². The van der Waals surface area contributed by atoms with E-state index in [9.17, 15) is 32.5 Å². The van der Waals surface area contributed by atoms with Crippen molar-refractivity contribution in [3.63, 3.8) is 0 Å². The molecule has 1 aromatic heterocycles. The molecule has 0 aliphatic heterocycles. The van der Waals surface area contributed by atoms with Crippen LogP contribution in [0.1, 0.15) is 19.4 Å². The first-order valence-corrected chi connectivity index (χ1v) is 6.58. The summed E-state index contributed by atoms with van der Waals surface area (Å²) >= 11 is 0. The predicted molar refractivity (Wildman–Crippen MR) is 73.1 cm³/mol. The third kappa shape index (κ3) is 3.19. The zero-order valence-corrected chi connectivity index (χ0v) is 12.1. The highest BCUT2D eigenvalue weighted by atomic mass is 19.2. The van der Waals surface area contributed by atoms with Crippen LogP contribution in [-0.4, -0.2) is 20.6 Å². The summed E-state index contributed by atoms with van der Waals surface area (Å²) in [6.45, 7) is 1.51. The summed E-state index contributed by atoms with van der Waals surface area (Å²) in [6.07, 6.45) is 1.89. The van der Waals surface area contributed by atoms with Crippen molar-refractivity contribution >= 4 is 17.3 Å². The minimum absolute atomic E-state index is 0.00842. The standard InChI is InChI=1S/C13H10F4N4O3/c1-2-9(20-5-6(4-18-20)21(23)24)13(22)19-12-10(16)7(14)3-8(15)11(12)17/h3-5,9H,2H2,1H3,(H,19,22). The van der Waals surface area contributed by atoms with Gasteiger partial charge in [-0.05, 0) is 6.42 Å². The van der Waals surface area contributed by atoms with Gasteiger partial charge in [-0.3, -0.25) is 19.6 Å². The molecular formula is C13H10F4N4O3. The van der Waals surface area contributed by atoms with Crippen molar-refractivity contribution in [3.05, 3.63) is 51.8 Å². The van der Waals surface area contributed by atoms with Gasteiger partial charge in [0.25, 0.3) is 0 Å². The number of carbonyl (C=O) groups excluding carboxylic acids is 1. The first kappa shape index (κ1) is 17.4. The lowest BCUT2D eigenvalue weighted by molar-refractivity contribution is -0.385. The summed E-state index contributed by atoms with van der Waals surface area (Å²) in [4.78, 5) is 22.0. The molecule has 0 fully saturated rings. The van der Waals surface area contributed by atoms with E-state index in [2.05, 4.69) is 5.10 Å². The van der Waals surface area contributed by atoms with Gasteiger partial charge < -0.3 is 5.32 Å². The molecule has 1 amide bonds. The second-order valence-corrected chi connectivity index (χ2v) is 4.69. The normalized spacial score (nSPS) is 12.0. The number of carbonyl (C=O) groups is 1. The van der Waals surface area contributed by atoms with Crippen LogP contribution in [-0.2, 0) is 4.79 Å².